The summed E-state index contributed by atoms with van der Waals surface area (Å²) in [6.07, 6.45) is 2.43. The van der Waals surface area contributed by atoms with Crippen molar-refractivity contribution in [2.24, 2.45) is 0 Å². The van der Waals surface area contributed by atoms with Crippen molar-refractivity contribution in [2.75, 3.05) is 75.9 Å². The van der Waals surface area contributed by atoms with Crippen LogP contribution in [-0.2, 0) is 18.9 Å². The first-order valence-electron chi connectivity index (χ1n) is 8.75. The third-order valence-corrected chi connectivity index (χ3v) is 4.98. The van der Waals surface area contributed by atoms with Gasteiger partial charge >= 0.3 is 0 Å². The SMILES string of the molecule is C=CCOCC(O)CSCCOCCOCCSCC(O)COCC=C. The van der Waals surface area contributed by atoms with Crippen molar-refractivity contribution in [3.05, 3.63) is 25.3 Å². The molecular weight excluding hydrogens is 376 g/mol. The third kappa shape index (κ3) is 20.3. The molecule has 2 unspecified atom stereocenters. The summed E-state index contributed by atoms with van der Waals surface area (Å²) >= 11 is 3.28. The summed E-state index contributed by atoms with van der Waals surface area (Å²) in [4.78, 5) is 0. The highest BCUT2D eigenvalue weighted by molar-refractivity contribution is 7.99. The van der Waals surface area contributed by atoms with Crippen LogP contribution in [0.2, 0.25) is 0 Å². The van der Waals surface area contributed by atoms with Crippen LogP contribution in [0.25, 0.3) is 0 Å². The Kier molecular flexibility index (Phi) is 21.2. The van der Waals surface area contributed by atoms with E-state index in [0.29, 0.717) is 64.4 Å². The Bertz CT molecular complexity index is 290. The zero-order valence-corrected chi connectivity index (χ0v) is 17.2. The maximum atomic E-state index is 9.64. The van der Waals surface area contributed by atoms with Gasteiger partial charge < -0.3 is 29.2 Å². The van der Waals surface area contributed by atoms with Crippen molar-refractivity contribution in [1.29, 1.82) is 0 Å². The predicted octanol–water partition coefficient (Wildman–Crippen LogP) is 1.61. The second-order valence-electron chi connectivity index (χ2n) is 5.33. The molecule has 0 aliphatic rings. The highest BCUT2D eigenvalue weighted by Crippen LogP contribution is 2.04. The smallest absolute Gasteiger partial charge is 0.0863 e. The molecule has 0 heterocycles. The summed E-state index contributed by atoms with van der Waals surface area (Å²) in [5, 5.41) is 19.3. The van der Waals surface area contributed by atoms with Crippen LogP contribution in [0.15, 0.2) is 25.3 Å². The summed E-state index contributed by atoms with van der Waals surface area (Å²) in [5.41, 5.74) is 0. The van der Waals surface area contributed by atoms with Crippen molar-refractivity contribution < 1.29 is 29.2 Å². The minimum absolute atomic E-state index is 0.338. The first-order chi connectivity index (χ1) is 12.7. The monoisotopic (exact) mass is 410 g/mol. The number of aliphatic hydroxyl groups is 2. The summed E-state index contributed by atoms with van der Waals surface area (Å²) in [5.74, 6) is 2.94. The number of thioether (sulfide) groups is 2. The Morgan fingerprint density at radius 3 is 1.50 bits per heavy atom. The first kappa shape index (κ1) is 25.9. The van der Waals surface area contributed by atoms with E-state index < -0.39 is 12.2 Å². The Balaban J connectivity index is 3.17. The van der Waals surface area contributed by atoms with Gasteiger partial charge in [0.1, 0.15) is 0 Å². The second kappa shape index (κ2) is 21.2. The molecule has 0 aromatic rings. The molecule has 2 N–H and O–H groups in total. The molecule has 0 aromatic carbocycles. The van der Waals surface area contributed by atoms with Crippen LogP contribution in [0.4, 0.5) is 0 Å². The zero-order valence-electron chi connectivity index (χ0n) is 15.6. The van der Waals surface area contributed by atoms with Gasteiger partial charge in [-0.3, -0.25) is 0 Å². The highest BCUT2D eigenvalue weighted by atomic mass is 32.2. The van der Waals surface area contributed by atoms with Crippen LogP contribution in [0.5, 0.6) is 0 Å². The van der Waals surface area contributed by atoms with E-state index in [2.05, 4.69) is 13.2 Å². The van der Waals surface area contributed by atoms with Crippen LogP contribution in [0.1, 0.15) is 0 Å². The van der Waals surface area contributed by atoms with Crippen LogP contribution >= 0.6 is 23.5 Å². The van der Waals surface area contributed by atoms with Crippen molar-refractivity contribution in [1.82, 2.24) is 0 Å². The number of rotatable bonds is 21. The van der Waals surface area contributed by atoms with Gasteiger partial charge in [0.25, 0.3) is 0 Å². The van der Waals surface area contributed by atoms with Crippen LogP contribution < -0.4 is 0 Å². The van der Waals surface area contributed by atoms with E-state index in [-0.39, 0.29) is 0 Å². The molecule has 0 saturated heterocycles. The van der Waals surface area contributed by atoms with E-state index in [4.69, 9.17) is 18.9 Å². The van der Waals surface area contributed by atoms with Crippen molar-refractivity contribution in [3.63, 3.8) is 0 Å². The Morgan fingerprint density at radius 1 is 0.692 bits per heavy atom. The van der Waals surface area contributed by atoms with Gasteiger partial charge in [-0.15, -0.1) is 13.2 Å². The van der Waals surface area contributed by atoms with Crippen LogP contribution in [0, 0.1) is 0 Å². The van der Waals surface area contributed by atoms with Gasteiger partial charge in [0.2, 0.25) is 0 Å². The van der Waals surface area contributed by atoms with E-state index in [9.17, 15) is 10.2 Å². The predicted molar refractivity (Wildman–Crippen MR) is 110 cm³/mol. The van der Waals surface area contributed by atoms with Crippen molar-refractivity contribution in [3.8, 4) is 0 Å². The van der Waals surface area contributed by atoms with E-state index >= 15 is 0 Å². The normalized spacial score (nSPS) is 13.5. The van der Waals surface area contributed by atoms with Gasteiger partial charge in [0.15, 0.2) is 0 Å². The second-order valence-corrected chi connectivity index (χ2v) is 7.63. The van der Waals surface area contributed by atoms with E-state index in [1.54, 1.807) is 35.7 Å². The minimum Gasteiger partial charge on any atom is -0.390 e. The Morgan fingerprint density at radius 2 is 1.12 bits per heavy atom. The lowest BCUT2D eigenvalue weighted by atomic mass is 10.4. The number of hydrogen-bond donors (Lipinski definition) is 2. The molecule has 0 aliphatic carbocycles. The fourth-order valence-corrected chi connectivity index (χ4v) is 3.21. The van der Waals surface area contributed by atoms with Gasteiger partial charge in [-0.2, -0.15) is 23.5 Å². The zero-order chi connectivity index (χ0) is 19.3. The molecular formula is C18H34O6S2. The fourth-order valence-electron chi connectivity index (χ4n) is 1.67. The molecule has 0 spiro atoms. The average Bonchev–Trinajstić information content (AvgIpc) is 2.63. The maximum absolute atomic E-state index is 9.64. The molecule has 2 atom stereocenters. The molecule has 0 radical (unpaired) electrons. The molecule has 0 amide bonds. The quantitative estimate of drug-likeness (QED) is 0.218. The minimum atomic E-state index is -0.451. The van der Waals surface area contributed by atoms with Gasteiger partial charge in [-0.1, -0.05) is 12.2 Å². The standard InChI is InChI=1S/C18H34O6S2/c1-3-5-23-13-17(19)15-25-11-9-21-7-8-22-10-12-26-16-18(20)14-24-6-4-2/h3-4,17-20H,1-2,5-16H2. The lowest BCUT2D eigenvalue weighted by Crippen LogP contribution is -2.19. The van der Waals surface area contributed by atoms with E-state index in [1.807, 2.05) is 0 Å². The molecule has 0 bridgehead atoms. The summed E-state index contributed by atoms with van der Waals surface area (Å²) in [7, 11) is 0. The Labute approximate surface area is 166 Å². The van der Waals surface area contributed by atoms with Gasteiger partial charge in [0, 0.05) is 23.0 Å². The molecule has 0 rings (SSSR count). The molecule has 0 saturated carbocycles. The first-order valence-corrected chi connectivity index (χ1v) is 11.1. The lowest BCUT2D eigenvalue weighted by Gasteiger charge is -2.11. The molecule has 26 heavy (non-hydrogen) atoms. The number of hydrogen-bond acceptors (Lipinski definition) is 8. The summed E-state index contributed by atoms with van der Waals surface area (Å²) < 4.78 is 21.3. The fraction of sp³-hybridized carbons (Fsp3) is 0.778. The van der Waals surface area contributed by atoms with Crippen molar-refractivity contribution >= 4 is 23.5 Å². The Hall–Kier alpha value is -0.0600. The topological polar surface area (TPSA) is 77.4 Å². The lowest BCUT2D eigenvalue weighted by molar-refractivity contribution is 0.0586. The molecule has 0 fully saturated rings. The highest BCUT2D eigenvalue weighted by Gasteiger charge is 2.04. The van der Waals surface area contributed by atoms with Gasteiger partial charge in [-0.05, 0) is 0 Å². The maximum Gasteiger partial charge on any atom is 0.0863 e. The third-order valence-electron chi connectivity index (χ3n) is 2.83. The molecule has 6 nitrogen and oxygen atoms in total. The molecule has 154 valence electrons. The van der Waals surface area contributed by atoms with Crippen LogP contribution in [-0.4, -0.2) is 98.3 Å². The average molecular weight is 411 g/mol. The van der Waals surface area contributed by atoms with Crippen molar-refractivity contribution in [2.45, 2.75) is 12.2 Å². The van der Waals surface area contributed by atoms with E-state index in [0.717, 1.165) is 11.5 Å². The van der Waals surface area contributed by atoms with E-state index in [1.165, 1.54) is 0 Å². The van der Waals surface area contributed by atoms with Gasteiger partial charge in [-0.25, -0.2) is 0 Å². The summed E-state index contributed by atoms with van der Waals surface area (Å²) in [6.45, 7) is 11.1. The van der Waals surface area contributed by atoms with Crippen LogP contribution in [0.3, 0.4) is 0 Å². The number of ether oxygens (including phenoxy) is 4. The molecule has 8 heteroatoms. The summed E-state index contributed by atoms with van der Waals surface area (Å²) in [6, 6.07) is 0. The van der Waals surface area contributed by atoms with Gasteiger partial charge in [0.05, 0.1) is 65.1 Å². The number of aliphatic hydroxyl groups excluding tert-OH is 2. The largest absolute Gasteiger partial charge is 0.390 e. The molecule has 0 aromatic heterocycles. The molecule has 0 aliphatic heterocycles.